The summed E-state index contributed by atoms with van der Waals surface area (Å²) in [5.41, 5.74) is 3.52. The molecule has 2 aromatic rings. The first kappa shape index (κ1) is 14.6. The Morgan fingerprint density at radius 2 is 1.52 bits per heavy atom. The van der Waals surface area contributed by atoms with Crippen LogP contribution in [0.5, 0.6) is 0 Å². The number of nitrogens with one attached hydrogen (secondary N) is 2. The molecule has 0 atom stereocenters. The van der Waals surface area contributed by atoms with Gasteiger partial charge in [0.25, 0.3) is 5.56 Å². The third-order valence-corrected chi connectivity index (χ3v) is 5.33. The minimum absolute atomic E-state index is 0.0135. The van der Waals surface area contributed by atoms with E-state index >= 15 is 0 Å². The summed E-state index contributed by atoms with van der Waals surface area (Å²) in [7, 11) is 0. The van der Waals surface area contributed by atoms with Crippen LogP contribution < -0.4 is 10.9 Å². The SMILES string of the molecule is O=c1[nH]cc(C2CC2)cc1NC1CCC(c2ccccc2)CC1. The molecule has 2 aliphatic carbocycles. The van der Waals surface area contributed by atoms with Gasteiger partial charge in [0.15, 0.2) is 0 Å². The van der Waals surface area contributed by atoms with Crippen LogP contribution in [0.25, 0.3) is 0 Å². The van der Waals surface area contributed by atoms with Crippen molar-refractivity contribution in [2.24, 2.45) is 0 Å². The minimum Gasteiger partial charge on any atom is -0.378 e. The summed E-state index contributed by atoms with van der Waals surface area (Å²) >= 11 is 0. The van der Waals surface area contributed by atoms with Crippen molar-refractivity contribution in [3.63, 3.8) is 0 Å². The molecular weight excluding hydrogens is 284 g/mol. The molecule has 3 nitrogen and oxygen atoms in total. The zero-order valence-corrected chi connectivity index (χ0v) is 13.4. The molecule has 2 N–H and O–H groups in total. The van der Waals surface area contributed by atoms with E-state index in [2.05, 4.69) is 46.7 Å². The van der Waals surface area contributed by atoms with Crippen LogP contribution in [0.15, 0.2) is 47.4 Å². The van der Waals surface area contributed by atoms with Crippen molar-refractivity contribution in [2.45, 2.75) is 56.4 Å². The van der Waals surface area contributed by atoms with Gasteiger partial charge in [-0.1, -0.05) is 30.3 Å². The van der Waals surface area contributed by atoms with E-state index in [0.717, 1.165) is 18.5 Å². The number of rotatable bonds is 4. The normalized spacial score (nSPS) is 24.3. The summed E-state index contributed by atoms with van der Waals surface area (Å²) in [6, 6.07) is 13.3. The number of aromatic nitrogens is 1. The topological polar surface area (TPSA) is 44.9 Å². The van der Waals surface area contributed by atoms with Gasteiger partial charge < -0.3 is 10.3 Å². The molecule has 0 aliphatic heterocycles. The lowest BCUT2D eigenvalue weighted by molar-refractivity contribution is 0.412. The van der Waals surface area contributed by atoms with E-state index in [1.54, 1.807) is 0 Å². The van der Waals surface area contributed by atoms with Crippen LogP contribution in [0.3, 0.4) is 0 Å². The van der Waals surface area contributed by atoms with Gasteiger partial charge in [0.1, 0.15) is 5.69 Å². The summed E-state index contributed by atoms with van der Waals surface area (Å²) in [6.45, 7) is 0. The number of hydrogen-bond acceptors (Lipinski definition) is 2. The van der Waals surface area contributed by atoms with Gasteiger partial charge in [0, 0.05) is 12.2 Å². The van der Waals surface area contributed by atoms with E-state index in [-0.39, 0.29) is 5.56 Å². The average molecular weight is 308 g/mol. The Balaban J connectivity index is 1.40. The molecule has 0 amide bonds. The fourth-order valence-corrected chi connectivity index (χ4v) is 3.78. The highest BCUT2D eigenvalue weighted by molar-refractivity contribution is 5.45. The van der Waals surface area contributed by atoms with Crippen LogP contribution >= 0.6 is 0 Å². The predicted molar refractivity (Wildman–Crippen MR) is 94.1 cm³/mol. The Morgan fingerprint density at radius 3 is 2.22 bits per heavy atom. The number of hydrogen-bond donors (Lipinski definition) is 2. The monoisotopic (exact) mass is 308 g/mol. The molecule has 0 spiro atoms. The Labute approximate surface area is 137 Å². The lowest BCUT2D eigenvalue weighted by Crippen LogP contribution is -2.28. The minimum atomic E-state index is 0.0135. The highest BCUT2D eigenvalue weighted by Gasteiger charge is 2.26. The molecule has 23 heavy (non-hydrogen) atoms. The average Bonchev–Trinajstić information content (AvgIpc) is 3.43. The summed E-state index contributed by atoms with van der Waals surface area (Å²) in [6.07, 6.45) is 9.06. The van der Waals surface area contributed by atoms with Crippen LogP contribution in [0.4, 0.5) is 5.69 Å². The van der Waals surface area contributed by atoms with Crippen LogP contribution in [0.2, 0.25) is 0 Å². The van der Waals surface area contributed by atoms with E-state index in [4.69, 9.17) is 0 Å². The Kier molecular flexibility index (Phi) is 3.94. The van der Waals surface area contributed by atoms with Crippen molar-refractivity contribution >= 4 is 5.69 Å². The molecule has 1 heterocycles. The molecule has 0 radical (unpaired) electrons. The molecule has 1 aromatic carbocycles. The van der Waals surface area contributed by atoms with Crippen molar-refractivity contribution in [2.75, 3.05) is 5.32 Å². The molecule has 1 aromatic heterocycles. The molecule has 2 fully saturated rings. The number of anilines is 1. The van der Waals surface area contributed by atoms with E-state index in [1.807, 2.05) is 6.20 Å². The summed E-state index contributed by atoms with van der Waals surface area (Å²) in [4.78, 5) is 15.0. The summed E-state index contributed by atoms with van der Waals surface area (Å²) < 4.78 is 0. The number of H-pyrrole nitrogens is 1. The van der Waals surface area contributed by atoms with Crippen molar-refractivity contribution in [3.05, 3.63) is 64.1 Å². The maximum Gasteiger partial charge on any atom is 0.271 e. The molecule has 2 saturated carbocycles. The zero-order valence-electron chi connectivity index (χ0n) is 13.4. The van der Waals surface area contributed by atoms with Crippen molar-refractivity contribution < 1.29 is 0 Å². The van der Waals surface area contributed by atoms with Gasteiger partial charge >= 0.3 is 0 Å². The number of benzene rings is 1. The second-order valence-corrected chi connectivity index (χ2v) is 7.05. The maximum absolute atomic E-state index is 12.1. The van der Waals surface area contributed by atoms with Gasteiger partial charge in [0.2, 0.25) is 0 Å². The van der Waals surface area contributed by atoms with Crippen molar-refractivity contribution in [1.29, 1.82) is 0 Å². The van der Waals surface area contributed by atoms with Crippen LogP contribution in [0, 0.1) is 0 Å². The van der Waals surface area contributed by atoms with E-state index in [9.17, 15) is 4.79 Å². The van der Waals surface area contributed by atoms with E-state index in [1.165, 1.54) is 36.8 Å². The number of aromatic amines is 1. The van der Waals surface area contributed by atoms with Crippen LogP contribution in [-0.4, -0.2) is 11.0 Å². The Bertz CT molecular complexity index is 710. The largest absolute Gasteiger partial charge is 0.378 e. The Morgan fingerprint density at radius 1 is 0.870 bits per heavy atom. The molecule has 4 rings (SSSR count). The summed E-state index contributed by atoms with van der Waals surface area (Å²) in [5.74, 6) is 1.34. The van der Waals surface area contributed by atoms with Crippen molar-refractivity contribution in [3.8, 4) is 0 Å². The fraction of sp³-hybridized carbons (Fsp3) is 0.450. The van der Waals surface area contributed by atoms with Gasteiger partial charge in [-0.15, -0.1) is 0 Å². The summed E-state index contributed by atoms with van der Waals surface area (Å²) in [5, 5.41) is 3.50. The molecule has 0 saturated heterocycles. The van der Waals surface area contributed by atoms with E-state index in [0.29, 0.717) is 17.9 Å². The molecule has 0 bridgehead atoms. The first-order valence-corrected chi connectivity index (χ1v) is 8.84. The second-order valence-electron chi connectivity index (χ2n) is 7.05. The third-order valence-electron chi connectivity index (χ3n) is 5.33. The van der Waals surface area contributed by atoms with Gasteiger partial charge in [-0.3, -0.25) is 4.79 Å². The predicted octanol–water partition coefficient (Wildman–Crippen LogP) is 4.39. The molecule has 2 aliphatic rings. The van der Waals surface area contributed by atoms with Gasteiger partial charge in [-0.25, -0.2) is 0 Å². The second kappa shape index (κ2) is 6.23. The molecule has 0 unspecified atom stereocenters. The number of pyridine rings is 1. The maximum atomic E-state index is 12.1. The highest BCUT2D eigenvalue weighted by atomic mass is 16.1. The molecule has 3 heteroatoms. The van der Waals surface area contributed by atoms with E-state index < -0.39 is 0 Å². The standard InChI is InChI=1S/C20H24N2O/c23-20-19(12-17(13-21-20)16-6-7-16)22-18-10-8-15(9-11-18)14-4-2-1-3-5-14/h1-5,12-13,15-16,18,22H,6-11H2,(H,21,23). The van der Waals surface area contributed by atoms with Crippen molar-refractivity contribution in [1.82, 2.24) is 4.98 Å². The highest BCUT2D eigenvalue weighted by Crippen LogP contribution is 2.40. The quantitative estimate of drug-likeness (QED) is 0.880. The lowest BCUT2D eigenvalue weighted by Gasteiger charge is -2.30. The Hall–Kier alpha value is -2.03. The smallest absolute Gasteiger partial charge is 0.271 e. The van der Waals surface area contributed by atoms with Gasteiger partial charge in [-0.2, -0.15) is 0 Å². The third kappa shape index (κ3) is 3.34. The van der Waals surface area contributed by atoms with Gasteiger partial charge in [-0.05, 0) is 67.6 Å². The molecular formula is C20H24N2O. The first-order valence-electron chi connectivity index (χ1n) is 8.84. The fourth-order valence-electron chi connectivity index (χ4n) is 3.78. The first-order chi connectivity index (χ1) is 11.3. The molecule has 120 valence electrons. The zero-order chi connectivity index (χ0) is 15.6. The van der Waals surface area contributed by atoms with Crippen LogP contribution in [0.1, 0.15) is 61.5 Å². The van der Waals surface area contributed by atoms with Gasteiger partial charge in [0.05, 0.1) is 0 Å². The van der Waals surface area contributed by atoms with Crippen LogP contribution in [-0.2, 0) is 0 Å². The lowest BCUT2D eigenvalue weighted by atomic mass is 9.82.